The van der Waals surface area contributed by atoms with Gasteiger partial charge in [0.15, 0.2) is 0 Å². The Balaban J connectivity index is 2.09. The fourth-order valence-corrected chi connectivity index (χ4v) is 3.77. The highest BCUT2D eigenvalue weighted by Crippen LogP contribution is 2.23. The van der Waals surface area contributed by atoms with Gasteiger partial charge in [-0.25, -0.2) is 12.4 Å². The lowest BCUT2D eigenvalue weighted by Crippen LogP contribution is -2.11. The molecule has 0 saturated heterocycles. The summed E-state index contributed by atoms with van der Waals surface area (Å²) in [4.78, 5) is 0.281. The monoisotopic (exact) mass is 323 g/mol. The topological polar surface area (TPSA) is 39.1 Å². The lowest BCUT2D eigenvalue weighted by Gasteiger charge is -2.07. The number of rotatable bonds is 4. The average molecular weight is 323 g/mol. The van der Waals surface area contributed by atoms with Crippen molar-refractivity contribution in [3.05, 3.63) is 84.6 Å². The fourth-order valence-electron chi connectivity index (χ4n) is 2.39. The van der Waals surface area contributed by atoms with Crippen LogP contribution in [0, 0.1) is 0 Å². The fraction of sp³-hybridized carbons (Fsp3) is 0.0526. The molecule has 3 aromatic rings. The lowest BCUT2D eigenvalue weighted by atomic mass is 10.1. The van der Waals surface area contributed by atoms with Gasteiger partial charge >= 0.3 is 0 Å². The zero-order valence-corrected chi connectivity index (χ0v) is 13.6. The second-order valence-corrected chi connectivity index (χ2v) is 7.24. The number of benzene rings is 2. The molecule has 0 radical (unpaired) electrons. The van der Waals surface area contributed by atoms with Crippen molar-refractivity contribution in [1.29, 1.82) is 0 Å². The molecule has 116 valence electrons. The summed E-state index contributed by atoms with van der Waals surface area (Å²) < 4.78 is 26.8. The first-order valence-corrected chi connectivity index (χ1v) is 8.68. The number of allylic oxidation sites excluding steroid dienone is 2. The van der Waals surface area contributed by atoms with Crippen LogP contribution in [0.25, 0.3) is 17.0 Å². The Kier molecular flexibility index (Phi) is 3.92. The molecule has 0 spiro atoms. The van der Waals surface area contributed by atoms with Crippen LogP contribution in [0.4, 0.5) is 0 Å². The van der Waals surface area contributed by atoms with Crippen molar-refractivity contribution in [3.63, 3.8) is 0 Å². The Bertz CT molecular complexity index is 996. The van der Waals surface area contributed by atoms with E-state index in [1.807, 2.05) is 43.3 Å². The number of fused-ring (bicyclic) bond motifs is 1. The summed E-state index contributed by atoms with van der Waals surface area (Å²) in [7, 11) is -3.58. The zero-order valence-electron chi connectivity index (χ0n) is 12.8. The molecule has 0 N–H and O–H groups in total. The van der Waals surface area contributed by atoms with E-state index in [0.29, 0.717) is 5.52 Å². The van der Waals surface area contributed by atoms with Gasteiger partial charge in [-0.2, -0.15) is 0 Å². The minimum atomic E-state index is -3.58. The first-order valence-electron chi connectivity index (χ1n) is 7.24. The van der Waals surface area contributed by atoms with E-state index >= 15 is 0 Å². The Morgan fingerprint density at radius 1 is 1.09 bits per heavy atom. The van der Waals surface area contributed by atoms with Crippen molar-refractivity contribution in [1.82, 2.24) is 3.97 Å². The first kappa shape index (κ1) is 15.3. The van der Waals surface area contributed by atoms with Gasteiger partial charge < -0.3 is 0 Å². The van der Waals surface area contributed by atoms with E-state index in [1.54, 1.807) is 36.5 Å². The summed E-state index contributed by atoms with van der Waals surface area (Å²) in [6.07, 6.45) is 5.49. The maximum atomic E-state index is 12.7. The maximum absolute atomic E-state index is 12.7. The Labute approximate surface area is 136 Å². The molecule has 1 aromatic heterocycles. The predicted molar refractivity (Wildman–Crippen MR) is 94.8 cm³/mol. The van der Waals surface area contributed by atoms with Gasteiger partial charge in [-0.3, -0.25) is 0 Å². The first-order chi connectivity index (χ1) is 11.0. The van der Waals surface area contributed by atoms with E-state index < -0.39 is 10.0 Å². The van der Waals surface area contributed by atoms with Gasteiger partial charge in [-0.15, -0.1) is 0 Å². The van der Waals surface area contributed by atoms with E-state index in [-0.39, 0.29) is 4.90 Å². The molecule has 0 bridgehead atoms. The van der Waals surface area contributed by atoms with Crippen LogP contribution < -0.4 is 0 Å². The van der Waals surface area contributed by atoms with Crippen LogP contribution in [-0.2, 0) is 10.0 Å². The van der Waals surface area contributed by atoms with Gasteiger partial charge in [0, 0.05) is 11.6 Å². The van der Waals surface area contributed by atoms with Crippen LogP contribution in [0.3, 0.4) is 0 Å². The van der Waals surface area contributed by atoms with Crippen LogP contribution in [0.5, 0.6) is 0 Å². The zero-order chi connectivity index (χ0) is 16.4. The molecule has 0 aliphatic carbocycles. The maximum Gasteiger partial charge on any atom is 0.268 e. The molecule has 0 aliphatic rings. The Morgan fingerprint density at radius 2 is 1.83 bits per heavy atom. The van der Waals surface area contributed by atoms with Crippen LogP contribution in [0.15, 0.2) is 83.9 Å². The summed E-state index contributed by atoms with van der Waals surface area (Å²) >= 11 is 0. The third-order valence-corrected chi connectivity index (χ3v) is 5.24. The number of aromatic nitrogens is 1. The van der Waals surface area contributed by atoms with E-state index in [4.69, 9.17) is 0 Å². The molecule has 3 rings (SSSR count). The highest BCUT2D eigenvalue weighted by Gasteiger charge is 2.18. The molecular formula is C19H17NO2S. The summed E-state index contributed by atoms with van der Waals surface area (Å²) in [5.74, 6) is 0. The minimum Gasteiger partial charge on any atom is -0.241 e. The molecule has 0 saturated carbocycles. The molecule has 0 aliphatic heterocycles. The van der Waals surface area contributed by atoms with Crippen molar-refractivity contribution in [2.75, 3.05) is 0 Å². The molecule has 4 heteroatoms. The molecule has 0 fully saturated rings. The summed E-state index contributed by atoms with van der Waals surface area (Å²) in [5.41, 5.74) is 2.64. The van der Waals surface area contributed by atoms with E-state index in [2.05, 4.69) is 6.58 Å². The van der Waals surface area contributed by atoms with Gasteiger partial charge in [0.1, 0.15) is 0 Å². The number of hydrogen-bond donors (Lipinski definition) is 0. The van der Waals surface area contributed by atoms with Crippen molar-refractivity contribution in [3.8, 4) is 0 Å². The lowest BCUT2D eigenvalue weighted by molar-refractivity contribution is 0.589. The van der Waals surface area contributed by atoms with Crippen molar-refractivity contribution in [2.45, 2.75) is 11.8 Å². The third kappa shape index (κ3) is 2.98. The quantitative estimate of drug-likeness (QED) is 0.665. The molecular weight excluding hydrogens is 306 g/mol. The van der Waals surface area contributed by atoms with Crippen LogP contribution >= 0.6 is 0 Å². The molecule has 0 amide bonds. The standard InChI is InChI=1S/C19H17NO2S/c1-15(2)8-9-16-10-11-19-17(14-16)12-13-20(19)23(21,22)18-6-4-3-5-7-18/h3-14H,1H2,2H3/b9-8+. The molecule has 23 heavy (non-hydrogen) atoms. The van der Waals surface area contributed by atoms with Crippen molar-refractivity contribution in [2.24, 2.45) is 0 Å². The van der Waals surface area contributed by atoms with Gasteiger partial charge in [0.2, 0.25) is 0 Å². The van der Waals surface area contributed by atoms with Gasteiger partial charge in [-0.1, -0.05) is 48.6 Å². The predicted octanol–water partition coefficient (Wildman–Crippen LogP) is 4.47. The molecule has 1 heterocycles. The summed E-state index contributed by atoms with van der Waals surface area (Å²) in [6.45, 7) is 5.76. The van der Waals surface area contributed by atoms with Crippen molar-refractivity contribution < 1.29 is 8.42 Å². The van der Waals surface area contributed by atoms with Gasteiger partial charge in [-0.05, 0) is 42.8 Å². The minimum absolute atomic E-state index is 0.281. The largest absolute Gasteiger partial charge is 0.268 e. The second-order valence-electron chi connectivity index (χ2n) is 5.43. The molecule has 3 nitrogen and oxygen atoms in total. The smallest absolute Gasteiger partial charge is 0.241 e. The van der Waals surface area contributed by atoms with E-state index in [9.17, 15) is 8.42 Å². The van der Waals surface area contributed by atoms with Gasteiger partial charge in [0.25, 0.3) is 10.0 Å². The third-order valence-electron chi connectivity index (χ3n) is 3.54. The highest BCUT2D eigenvalue weighted by molar-refractivity contribution is 7.90. The van der Waals surface area contributed by atoms with E-state index in [0.717, 1.165) is 16.5 Å². The number of hydrogen-bond acceptors (Lipinski definition) is 2. The van der Waals surface area contributed by atoms with Crippen molar-refractivity contribution >= 4 is 27.0 Å². The Hall–Kier alpha value is -2.59. The molecule has 2 aromatic carbocycles. The van der Waals surface area contributed by atoms with E-state index in [1.165, 1.54) is 3.97 Å². The number of nitrogens with zero attached hydrogens (tertiary/aromatic N) is 1. The molecule has 0 atom stereocenters. The average Bonchev–Trinajstić information content (AvgIpc) is 2.97. The SMILES string of the molecule is C=C(C)/C=C/c1ccc2c(ccn2S(=O)(=O)c2ccccc2)c1. The van der Waals surface area contributed by atoms with Crippen LogP contribution in [-0.4, -0.2) is 12.4 Å². The Morgan fingerprint density at radius 3 is 2.52 bits per heavy atom. The molecule has 0 unspecified atom stereocenters. The van der Waals surface area contributed by atoms with Crippen LogP contribution in [0.1, 0.15) is 12.5 Å². The highest BCUT2D eigenvalue weighted by atomic mass is 32.2. The summed E-state index contributed by atoms with van der Waals surface area (Å²) in [5, 5.41) is 0.883. The second kappa shape index (κ2) is 5.89. The van der Waals surface area contributed by atoms with Gasteiger partial charge in [0.05, 0.1) is 10.4 Å². The normalized spacial score (nSPS) is 12.0. The van der Waals surface area contributed by atoms with Crippen LogP contribution in [0.2, 0.25) is 0 Å². The summed E-state index contributed by atoms with van der Waals surface area (Å²) in [6, 6.07) is 16.0.